The first-order valence-corrected chi connectivity index (χ1v) is 5.82. The first-order valence-electron chi connectivity index (χ1n) is 5.82. The molecule has 0 radical (unpaired) electrons. The average Bonchev–Trinajstić information content (AvgIpc) is 2.28. The molecule has 1 aromatic rings. The first-order chi connectivity index (χ1) is 8.19. The summed E-state index contributed by atoms with van der Waals surface area (Å²) in [6.07, 6.45) is 0.0665. The van der Waals surface area contributed by atoms with E-state index in [2.05, 4.69) is 5.32 Å². The molecule has 0 amide bonds. The molecule has 2 rings (SSSR count). The lowest BCUT2D eigenvalue weighted by molar-refractivity contribution is 0.0170. The number of nitrogens with one attached hydrogen (secondary N) is 1. The number of hydrogen-bond donors (Lipinski definition) is 1. The Hall–Kier alpha value is -1.00. The molecule has 17 heavy (non-hydrogen) atoms. The highest BCUT2D eigenvalue weighted by atomic mass is 19.3. The predicted molar refractivity (Wildman–Crippen MR) is 62.1 cm³/mol. The fourth-order valence-electron chi connectivity index (χ4n) is 1.97. The Kier molecular flexibility index (Phi) is 4.07. The van der Waals surface area contributed by atoms with Crippen LogP contribution in [0.25, 0.3) is 0 Å². The third-order valence-electron chi connectivity index (χ3n) is 3.25. The van der Waals surface area contributed by atoms with Crippen molar-refractivity contribution in [1.82, 2.24) is 5.32 Å². The maximum atomic E-state index is 12.3. The molecule has 4 heteroatoms. The highest BCUT2D eigenvalue weighted by Gasteiger charge is 2.28. The molecule has 0 aliphatic heterocycles. The van der Waals surface area contributed by atoms with Gasteiger partial charge in [-0.2, -0.15) is 0 Å². The van der Waals surface area contributed by atoms with E-state index in [1.54, 1.807) is 19.2 Å². The summed E-state index contributed by atoms with van der Waals surface area (Å²) in [4.78, 5) is 0. The molecular formula is C13H17F2NO. The molecule has 0 unspecified atom stereocenters. The van der Waals surface area contributed by atoms with E-state index in [1.807, 2.05) is 0 Å². The molecule has 0 saturated heterocycles. The Morgan fingerprint density at radius 1 is 1.29 bits per heavy atom. The Labute approximate surface area is 100.0 Å². The van der Waals surface area contributed by atoms with E-state index < -0.39 is 6.43 Å². The van der Waals surface area contributed by atoms with Gasteiger partial charge in [-0.3, -0.25) is 0 Å². The van der Waals surface area contributed by atoms with Crippen LogP contribution in [0.15, 0.2) is 24.3 Å². The van der Waals surface area contributed by atoms with Crippen LogP contribution in [0.1, 0.15) is 30.4 Å². The van der Waals surface area contributed by atoms with Gasteiger partial charge in [-0.15, -0.1) is 0 Å². The van der Waals surface area contributed by atoms with Crippen molar-refractivity contribution < 1.29 is 13.5 Å². The van der Waals surface area contributed by atoms with E-state index in [0.717, 1.165) is 24.9 Å². The van der Waals surface area contributed by atoms with E-state index in [1.165, 1.54) is 12.1 Å². The summed E-state index contributed by atoms with van der Waals surface area (Å²) in [6.45, 7) is 0.727. The van der Waals surface area contributed by atoms with Crippen LogP contribution in [-0.2, 0) is 11.3 Å². The summed E-state index contributed by atoms with van der Waals surface area (Å²) in [5.74, 6) is 0. The van der Waals surface area contributed by atoms with Crippen LogP contribution in [0.5, 0.6) is 0 Å². The summed E-state index contributed by atoms with van der Waals surface area (Å²) in [6, 6.07) is 6.97. The summed E-state index contributed by atoms with van der Waals surface area (Å²) < 4.78 is 29.8. The Bertz CT molecular complexity index is 347. The normalized spacial score (nSPS) is 23.8. The van der Waals surface area contributed by atoms with Crippen molar-refractivity contribution in [1.29, 1.82) is 0 Å². The van der Waals surface area contributed by atoms with Gasteiger partial charge in [0.2, 0.25) is 0 Å². The van der Waals surface area contributed by atoms with Crippen molar-refractivity contribution in [3.8, 4) is 0 Å². The van der Waals surface area contributed by atoms with Crippen molar-refractivity contribution in [2.45, 2.75) is 38.0 Å². The minimum atomic E-state index is -2.38. The van der Waals surface area contributed by atoms with Gasteiger partial charge in [0.15, 0.2) is 0 Å². The van der Waals surface area contributed by atoms with Crippen molar-refractivity contribution >= 4 is 0 Å². The lowest BCUT2D eigenvalue weighted by Gasteiger charge is -2.34. The molecule has 94 valence electrons. The minimum absolute atomic E-state index is 0.0804. The van der Waals surface area contributed by atoms with E-state index in [0.29, 0.717) is 12.1 Å². The molecule has 1 N–H and O–H groups in total. The topological polar surface area (TPSA) is 21.3 Å². The SMILES string of the molecule is COC1CC(NCc2ccc(C(F)F)cc2)C1. The maximum absolute atomic E-state index is 12.3. The number of ether oxygens (including phenoxy) is 1. The van der Waals surface area contributed by atoms with Crippen LogP contribution in [0.4, 0.5) is 8.78 Å². The largest absolute Gasteiger partial charge is 0.381 e. The quantitative estimate of drug-likeness (QED) is 0.855. The summed E-state index contributed by atoms with van der Waals surface area (Å²) in [5, 5.41) is 3.38. The first kappa shape index (κ1) is 12.5. The van der Waals surface area contributed by atoms with Crippen LogP contribution in [0.3, 0.4) is 0 Å². The third kappa shape index (κ3) is 3.23. The number of alkyl halides is 2. The fraction of sp³-hybridized carbons (Fsp3) is 0.538. The van der Waals surface area contributed by atoms with Gasteiger partial charge >= 0.3 is 0 Å². The highest BCUT2D eigenvalue weighted by Crippen LogP contribution is 2.23. The maximum Gasteiger partial charge on any atom is 0.263 e. The van der Waals surface area contributed by atoms with Crippen LogP contribution >= 0.6 is 0 Å². The molecule has 2 nitrogen and oxygen atoms in total. The molecule has 0 spiro atoms. The van der Waals surface area contributed by atoms with Crippen LogP contribution < -0.4 is 5.32 Å². The Morgan fingerprint density at radius 2 is 1.94 bits per heavy atom. The van der Waals surface area contributed by atoms with Crippen molar-refractivity contribution in [2.75, 3.05) is 7.11 Å². The van der Waals surface area contributed by atoms with Gasteiger partial charge in [-0.05, 0) is 18.4 Å². The Balaban J connectivity index is 1.76. The zero-order valence-corrected chi connectivity index (χ0v) is 9.83. The van der Waals surface area contributed by atoms with E-state index >= 15 is 0 Å². The van der Waals surface area contributed by atoms with Gasteiger partial charge in [0.25, 0.3) is 6.43 Å². The molecule has 0 atom stereocenters. The monoisotopic (exact) mass is 241 g/mol. The number of benzene rings is 1. The molecule has 1 aromatic carbocycles. The van der Waals surface area contributed by atoms with Crippen molar-refractivity contribution in [3.63, 3.8) is 0 Å². The predicted octanol–water partition coefficient (Wildman–Crippen LogP) is 2.89. The van der Waals surface area contributed by atoms with Gasteiger partial charge < -0.3 is 10.1 Å². The van der Waals surface area contributed by atoms with Crippen LogP contribution in [-0.4, -0.2) is 19.3 Å². The number of halogens is 2. The van der Waals surface area contributed by atoms with Gasteiger partial charge in [-0.1, -0.05) is 24.3 Å². The van der Waals surface area contributed by atoms with E-state index in [4.69, 9.17) is 4.74 Å². The third-order valence-corrected chi connectivity index (χ3v) is 3.25. The summed E-state index contributed by atoms with van der Waals surface area (Å²) >= 11 is 0. The molecule has 0 bridgehead atoms. The molecule has 0 aromatic heterocycles. The number of methoxy groups -OCH3 is 1. The Morgan fingerprint density at radius 3 is 2.47 bits per heavy atom. The fourth-order valence-corrected chi connectivity index (χ4v) is 1.97. The lowest BCUT2D eigenvalue weighted by atomic mass is 9.89. The highest BCUT2D eigenvalue weighted by molar-refractivity contribution is 5.23. The molecule has 0 heterocycles. The zero-order chi connectivity index (χ0) is 12.3. The second-order valence-corrected chi connectivity index (χ2v) is 4.45. The molecule has 1 aliphatic rings. The van der Waals surface area contributed by atoms with Crippen molar-refractivity contribution in [3.05, 3.63) is 35.4 Å². The molecule has 1 saturated carbocycles. The van der Waals surface area contributed by atoms with E-state index in [9.17, 15) is 8.78 Å². The minimum Gasteiger partial charge on any atom is -0.381 e. The lowest BCUT2D eigenvalue weighted by Crippen LogP contribution is -2.44. The molecule has 1 fully saturated rings. The standard InChI is InChI=1S/C13H17F2NO/c1-17-12-6-11(7-12)16-8-9-2-4-10(5-3-9)13(14)15/h2-5,11-13,16H,6-8H2,1H3. The second-order valence-electron chi connectivity index (χ2n) is 4.45. The van der Waals surface area contributed by atoms with Gasteiger partial charge in [0, 0.05) is 25.3 Å². The molecule has 1 aliphatic carbocycles. The summed E-state index contributed by atoms with van der Waals surface area (Å²) in [7, 11) is 1.73. The summed E-state index contributed by atoms with van der Waals surface area (Å²) in [5.41, 5.74) is 1.12. The molecular weight excluding hydrogens is 224 g/mol. The average molecular weight is 241 g/mol. The van der Waals surface area contributed by atoms with Crippen LogP contribution in [0, 0.1) is 0 Å². The number of hydrogen-bond acceptors (Lipinski definition) is 2. The smallest absolute Gasteiger partial charge is 0.263 e. The zero-order valence-electron chi connectivity index (χ0n) is 9.83. The van der Waals surface area contributed by atoms with Crippen LogP contribution in [0.2, 0.25) is 0 Å². The number of rotatable bonds is 5. The van der Waals surface area contributed by atoms with Crippen molar-refractivity contribution in [2.24, 2.45) is 0 Å². The van der Waals surface area contributed by atoms with E-state index in [-0.39, 0.29) is 5.56 Å². The van der Waals surface area contributed by atoms with Gasteiger partial charge in [0.05, 0.1) is 6.10 Å². The second kappa shape index (κ2) is 5.56. The van der Waals surface area contributed by atoms with Gasteiger partial charge in [-0.25, -0.2) is 8.78 Å². The van der Waals surface area contributed by atoms with Gasteiger partial charge in [0.1, 0.15) is 0 Å².